The van der Waals surface area contributed by atoms with Gasteiger partial charge < -0.3 is 15.4 Å². The number of ether oxygens (including phenoxy) is 1. The van der Waals surface area contributed by atoms with E-state index in [0.29, 0.717) is 0 Å². The summed E-state index contributed by atoms with van der Waals surface area (Å²) in [5, 5.41) is 8.81. The van der Waals surface area contributed by atoms with Crippen molar-refractivity contribution in [2.75, 3.05) is 13.2 Å². The number of carbonyl (C=O) groups is 1. The predicted molar refractivity (Wildman–Crippen MR) is 49.2 cm³/mol. The largest absolute Gasteiger partial charge is 0.444 e. The van der Waals surface area contributed by atoms with Crippen molar-refractivity contribution in [3.8, 4) is 0 Å². The highest BCUT2D eigenvalue weighted by Gasteiger charge is 2.20. The molecule has 1 fully saturated rings. The molecule has 1 atom stereocenters. The van der Waals surface area contributed by atoms with Gasteiger partial charge in [-0.3, -0.25) is 5.32 Å². The Kier molecular flexibility index (Phi) is 3.11. The van der Waals surface area contributed by atoms with Gasteiger partial charge in [0.05, 0.1) is 6.17 Å². The van der Waals surface area contributed by atoms with Crippen LogP contribution >= 0.6 is 0 Å². The van der Waals surface area contributed by atoms with Crippen LogP contribution in [0.25, 0.3) is 0 Å². The Morgan fingerprint density at radius 2 is 2.23 bits per heavy atom. The molecule has 1 aliphatic rings. The standard InChI is InChI=1S/C8H17N3O2/c1-8(2,3)13-7(12)11-6-4-9-5-10-6/h6,9-10H,4-5H2,1-3H3,(H,11,12)/t6-/m0/s1. The van der Waals surface area contributed by atoms with Gasteiger partial charge in [-0.25, -0.2) is 4.79 Å². The number of hydrogen-bond donors (Lipinski definition) is 3. The van der Waals surface area contributed by atoms with E-state index >= 15 is 0 Å². The molecule has 0 radical (unpaired) electrons. The van der Waals surface area contributed by atoms with Crippen molar-refractivity contribution >= 4 is 6.09 Å². The number of nitrogens with one attached hydrogen (secondary N) is 3. The molecule has 5 nitrogen and oxygen atoms in total. The lowest BCUT2D eigenvalue weighted by Crippen LogP contribution is -2.45. The smallest absolute Gasteiger partial charge is 0.408 e. The van der Waals surface area contributed by atoms with Crippen LogP contribution in [0.1, 0.15) is 20.8 Å². The Hall–Kier alpha value is -0.810. The molecule has 1 aliphatic heterocycles. The topological polar surface area (TPSA) is 62.4 Å². The van der Waals surface area contributed by atoms with Gasteiger partial charge in [0.2, 0.25) is 0 Å². The van der Waals surface area contributed by atoms with Crippen molar-refractivity contribution in [3.63, 3.8) is 0 Å². The van der Waals surface area contributed by atoms with Crippen molar-refractivity contribution in [2.24, 2.45) is 0 Å². The van der Waals surface area contributed by atoms with E-state index in [2.05, 4.69) is 16.0 Å². The molecule has 3 N–H and O–H groups in total. The summed E-state index contributed by atoms with van der Waals surface area (Å²) in [6.45, 7) is 6.98. The Balaban J connectivity index is 2.24. The zero-order chi connectivity index (χ0) is 9.90. The molecule has 0 aliphatic carbocycles. The fraction of sp³-hybridized carbons (Fsp3) is 0.875. The van der Waals surface area contributed by atoms with Gasteiger partial charge in [-0.1, -0.05) is 0 Å². The maximum absolute atomic E-state index is 11.2. The maximum Gasteiger partial charge on any atom is 0.408 e. The van der Waals surface area contributed by atoms with Crippen LogP contribution in [-0.4, -0.2) is 31.1 Å². The van der Waals surface area contributed by atoms with Crippen molar-refractivity contribution in [1.82, 2.24) is 16.0 Å². The Bertz CT molecular complexity index is 182. The molecule has 0 bridgehead atoms. The molecule has 0 spiro atoms. The first kappa shape index (κ1) is 10.3. The molecule has 1 amide bonds. The Morgan fingerprint density at radius 3 is 2.69 bits per heavy atom. The number of amides is 1. The Labute approximate surface area is 78.2 Å². The van der Waals surface area contributed by atoms with Gasteiger partial charge in [0.25, 0.3) is 0 Å². The summed E-state index contributed by atoms with van der Waals surface area (Å²) >= 11 is 0. The highest BCUT2D eigenvalue weighted by molar-refractivity contribution is 5.68. The van der Waals surface area contributed by atoms with Crippen LogP contribution in [0, 0.1) is 0 Å². The quantitative estimate of drug-likeness (QED) is 0.540. The summed E-state index contributed by atoms with van der Waals surface area (Å²) in [5.41, 5.74) is -0.434. The highest BCUT2D eigenvalue weighted by Crippen LogP contribution is 2.06. The average molecular weight is 187 g/mol. The molecule has 0 aromatic rings. The molecule has 0 saturated carbocycles. The minimum Gasteiger partial charge on any atom is -0.444 e. The van der Waals surface area contributed by atoms with Crippen LogP contribution < -0.4 is 16.0 Å². The van der Waals surface area contributed by atoms with Crippen LogP contribution in [0.5, 0.6) is 0 Å². The molecule has 76 valence electrons. The first-order valence-corrected chi connectivity index (χ1v) is 4.41. The fourth-order valence-electron chi connectivity index (χ4n) is 1.04. The summed E-state index contributed by atoms with van der Waals surface area (Å²) in [6.07, 6.45) is -0.399. The van der Waals surface area contributed by atoms with Crippen molar-refractivity contribution in [2.45, 2.75) is 32.5 Å². The van der Waals surface area contributed by atoms with Gasteiger partial charge in [-0.15, -0.1) is 0 Å². The SMILES string of the molecule is CC(C)(C)OC(=O)N[C@H]1CNCN1. The van der Waals surface area contributed by atoms with Crippen LogP contribution in [0.4, 0.5) is 4.79 Å². The fourth-order valence-corrected chi connectivity index (χ4v) is 1.04. The van der Waals surface area contributed by atoms with Gasteiger partial charge in [-0.2, -0.15) is 0 Å². The summed E-state index contributed by atoms with van der Waals surface area (Å²) in [5.74, 6) is 0. The molecular weight excluding hydrogens is 170 g/mol. The molecule has 13 heavy (non-hydrogen) atoms. The molecule has 1 rings (SSSR count). The van der Waals surface area contributed by atoms with E-state index in [0.717, 1.165) is 13.2 Å². The van der Waals surface area contributed by atoms with Crippen molar-refractivity contribution in [1.29, 1.82) is 0 Å². The molecule has 1 saturated heterocycles. The van der Waals surface area contributed by atoms with Crippen molar-refractivity contribution < 1.29 is 9.53 Å². The minimum atomic E-state index is -0.434. The van der Waals surface area contributed by atoms with Crippen molar-refractivity contribution in [3.05, 3.63) is 0 Å². The van der Waals surface area contributed by atoms with Gasteiger partial charge in [-0.05, 0) is 20.8 Å². The number of hydrogen-bond acceptors (Lipinski definition) is 4. The third-order valence-corrected chi connectivity index (χ3v) is 1.51. The van der Waals surface area contributed by atoms with E-state index in [9.17, 15) is 4.79 Å². The second-order valence-electron chi connectivity index (χ2n) is 4.03. The minimum absolute atomic E-state index is 0.0187. The average Bonchev–Trinajstić information content (AvgIpc) is 2.34. The molecule has 1 heterocycles. The molecule has 0 aromatic heterocycles. The van der Waals surface area contributed by atoms with Crippen LogP contribution in [0.15, 0.2) is 0 Å². The third kappa shape index (κ3) is 4.10. The van der Waals surface area contributed by atoms with E-state index in [-0.39, 0.29) is 12.3 Å². The lowest BCUT2D eigenvalue weighted by Gasteiger charge is -2.21. The van der Waals surface area contributed by atoms with E-state index in [1.165, 1.54) is 0 Å². The summed E-state index contributed by atoms with van der Waals surface area (Å²) in [6, 6.07) is 0. The van der Waals surface area contributed by atoms with Gasteiger partial charge >= 0.3 is 6.09 Å². The van der Waals surface area contributed by atoms with E-state index in [4.69, 9.17) is 4.74 Å². The van der Waals surface area contributed by atoms with Crippen LogP contribution in [0.2, 0.25) is 0 Å². The molecule has 0 aromatic carbocycles. The van der Waals surface area contributed by atoms with Crippen LogP contribution in [0.3, 0.4) is 0 Å². The zero-order valence-corrected chi connectivity index (χ0v) is 8.31. The van der Waals surface area contributed by atoms with Gasteiger partial charge in [0, 0.05) is 13.2 Å². The van der Waals surface area contributed by atoms with Crippen LogP contribution in [-0.2, 0) is 4.74 Å². The first-order valence-electron chi connectivity index (χ1n) is 4.41. The molecule has 0 unspecified atom stereocenters. The summed E-state index contributed by atoms with van der Waals surface area (Å²) in [7, 11) is 0. The van der Waals surface area contributed by atoms with E-state index in [1.54, 1.807) is 0 Å². The van der Waals surface area contributed by atoms with E-state index in [1.807, 2.05) is 20.8 Å². The molecule has 5 heteroatoms. The first-order chi connectivity index (χ1) is 5.97. The normalized spacial score (nSPS) is 22.8. The zero-order valence-electron chi connectivity index (χ0n) is 8.31. The number of alkyl carbamates (subject to hydrolysis) is 1. The predicted octanol–water partition coefficient (Wildman–Crippen LogP) is -0.0125. The second-order valence-corrected chi connectivity index (χ2v) is 4.03. The Morgan fingerprint density at radius 1 is 1.54 bits per heavy atom. The lowest BCUT2D eigenvalue weighted by molar-refractivity contribution is 0.0503. The third-order valence-electron chi connectivity index (χ3n) is 1.51. The lowest BCUT2D eigenvalue weighted by atomic mass is 10.2. The van der Waals surface area contributed by atoms with Gasteiger partial charge in [0.1, 0.15) is 5.60 Å². The van der Waals surface area contributed by atoms with E-state index < -0.39 is 5.60 Å². The molecular formula is C8H17N3O2. The maximum atomic E-state index is 11.2. The number of rotatable bonds is 1. The monoisotopic (exact) mass is 187 g/mol. The second kappa shape index (κ2) is 3.93. The summed E-state index contributed by atoms with van der Waals surface area (Å²) in [4.78, 5) is 11.2. The number of carbonyl (C=O) groups excluding carboxylic acids is 1. The van der Waals surface area contributed by atoms with Gasteiger partial charge in [0.15, 0.2) is 0 Å². The summed E-state index contributed by atoms with van der Waals surface area (Å²) < 4.78 is 5.08. The highest BCUT2D eigenvalue weighted by atomic mass is 16.6.